The number of rotatable bonds is 11. The van der Waals surface area contributed by atoms with Crippen molar-refractivity contribution in [2.24, 2.45) is 23.2 Å². The number of carbonyl (C=O) groups excluding carboxylic acids is 1. The molecule has 4 bridgehead atoms. The molecule has 3 aromatic carbocycles. The zero-order chi connectivity index (χ0) is 31.4. The Morgan fingerprint density at radius 2 is 1.49 bits per heavy atom. The van der Waals surface area contributed by atoms with Crippen LogP contribution >= 0.6 is 10.9 Å². The SMILES string of the molecule is O=C(OCCOC1OC1C12CC3CC(C1)C(c1cccc([SH](c4ccccc4)c4ccccc4)c1)C(C3)C2)C(F)(F)S(=O)(=O)O. The van der Waals surface area contributed by atoms with Crippen molar-refractivity contribution in [3.63, 3.8) is 0 Å². The van der Waals surface area contributed by atoms with E-state index < -0.39 is 45.1 Å². The summed E-state index contributed by atoms with van der Waals surface area (Å²) >= 11 is 0. The van der Waals surface area contributed by atoms with Gasteiger partial charge in [0.1, 0.15) is 12.7 Å². The quantitative estimate of drug-likeness (QED) is 0.0765. The second-order valence-corrected chi connectivity index (χ2v) is 16.6. The molecule has 5 fully saturated rings. The second kappa shape index (κ2) is 11.8. The predicted octanol–water partition coefficient (Wildman–Crippen LogP) is 6.84. The zero-order valence-corrected chi connectivity index (χ0v) is 26.2. The van der Waals surface area contributed by atoms with E-state index in [1.54, 1.807) is 0 Å². The number of thiol groups is 1. The molecule has 3 aromatic rings. The standard InChI is InChI=1S/C34H36F2O7S2/c35-34(36,45(38,39)40)32(37)42-15-14-41-31-30(43-31)33-19-22-16-24(20-33)29(25(17-22)21-33)23-8-7-13-28(18-23)44(26-9-3-1-4-10-26)27-11-5-2-6-12-27/h1-13,18,22,24-25,29-31,44H,14-17,19-21H2,(H,38,39,40). The van der Waals surface area contributed by atoms with Crippen molar-refractivity contribution in [1.82, 2.24) is 0 Å². The van der Waals surface area contributed by atoms with Crippen LogP contribution in [0.4, 0.5) is 8.78 Å². The van der Waals surface area contributed by atoms with Crippen molar-refractivity contribution < 1.29 is 40.8 Å². The van der Waals surface area contributed by atoms with Crippen molar-refractivity contribution in [3.8, 4) is 0 Å². The molecular weight excluding hydrogens is 622 g/mol. The third-order valence-corrected chi connectivity index (χ3v) is 13.3. The zero-order valence-electron chi connectivity index (χ0n) is 24.5. The summed E-state index contributed by atoms with van der Waals surface area (Å²) in [7, 11) is -6.60. The van der Waals surface area contributed by atoms with Crippen LogP contribution in [-0.2, 0) is 29.1 Å². The molecule has 0 amide bonds. The number of hydrogen-bond donors (Lipinski definition) is 2. The summed E-state index contributed by atoms with van der Waals surface area (Å²) in [6.45, 7) is -0.799. The number of ether oxygens (including phenoxy) is 3. The third-order valence-electron chi connectivity index (χ3n) is 10.1. The summed E-state index contributed by atoms with van der Waals surface area (Å²) in [5.41, 5.74) is 1.42. The number of epoxide rings is 1. The van der Waals surface area contributed by atoms with Gasteiger partial charge in [-0.05, 0) is 112 Å². The summed E-state index contributed by atoms with van der Waals surface area (Å²) < 4.78 is 72.8. The normalized spacial score (nSPS) is 30.6. The van der Waals surface area contributed by atoms with Crippen LogP contribution in [0, 0.1) is 23.2 Å². The first kappa shape index (κ1) is 30.8. The molecular formula is C34H36F2O7S2. The van der Waals surface area contributed by atoms with Crippen LogP contribution < -0.4 is 0 Å². The van der Waals surface area contributed by atoms with Gasteiger partial charge in [0.2, 0.25) is 0 Å². The van der Waals surface area contributed by atoms with Gasteiger partial charge in [-0.15, -0.1) is 0 Å². The van der Waals surface area contributed by atoms with Crippen LogP contribution in [0.5, 0.6) is 0 Å². The number of carbonyl (C=O) groups is 1. The first-order valence-corrected chi connectivity index (χ1v) is 18.1. The molecule has 4 atom stereocenters. The second-order valence-electron chi connectivity index (χ2n) is 12.9. The maximum atomic E-state index is 13.4. The molecule has 1 aliphatic heterocycles. The fourth-order valence-electron chi connectivity index (χ4n) is 8.60. The van der Waals surface area contributed by atoms with E-state index in [1.807, 2.05) is 0 Å². The van der Waals surface area contributed by atoms with Crippen LogP contribution in [0.1, 0.15) is 43.6 Å². The topological polar surface area (TPSA) is 102 Å². The molecule has 240 valence electrons. The molecule has 7 nitrogen and oxygen atoms in total. The smallest absolute Gasteiger partial charge is 0.458 e. The highest BCUT2D eigenvalue weighted by atomic mass is 32.2. The van der Waals surface area contributed by atoms with Gasteiger partial charge in [0.15, 0.2) is 6.29 Å². The summed E-state index contributed by atoms with van der Waals surface area (Å²) in [6.07, 6.45) is 4.97. The number of alkyl halides is 2. The van der Waals surface area contributed by atoms with Crippen LogP contribution in [0.2, 0.25) is 0 Å². The number of halogens is 2. The molecule has 0 aromatic heterocycles. The van der Waals surface area contributed by atoms with Crippen molar-refractivity contribution in [2.45, 2.75) is 70.4 Å². The van der Waals surface area contributed by atoms with E-state index in [0.29, 0.717) is 23.7 Å². The highest BCUT2D eigenvalue weighted by molar-refractivity contribution is 8.17. The molecule has 8 rings (SSSR count). The van der Waals surface area contributed by atoms with Gasteiger partial charge in [0.05, 0.1) is 6.61 Å². The number of hydrogen-bond acceptors (Lipinski definition) is 6. The number of esters is 1. The molecule has 5 aliphatic rings. The Morgan fingerprint density at radius 1 is 0.889 bits per heavy atom. The van der Waals surface area contributed by atoms with E-state index in [-0.39, 0.29) is 18.1 Å². The molecule has 0 radical (unpaired) electrons. The van der Waals surface area contributed by atoms with E-state index >= 15 is 0 Å². The molecule has 1 heterocycles. The highest BCUT2D eigenvalue weighted by Gasteiger charge is 2.64. The molecule has 0 spiro atoms. The van der Waals surface area contributed by atoms with Crippen LogP contribution in [0.25, 0.3) is 0 Å². The van der Waals surface area contributed by atoms with Crippen molar-refractivity contribution >= 4 is 27.0 Å². The Hall–Kier alpha value is -2.83. The molecule has 45 heavy (non-hydrogen) atoms. The minimum atomic E-state index is -5.91. The van der Waals surface area contributed by atoms with E-state index in [0.717, 1.165) is 19.3 Å². The van der Waals surface area contributed by atoms with E-state index in [1.165, 1.54) is 33.1 Å². The fraction of sp³-hybridized carbons (Fsp3) is 0.441. The summed E-state index contributed by atoms with van der Waals surface area (Å²) in [4.78, 5) is 15.4. The Kier molecular flexibility index (Phi) is 8.05. The van der Waals surface area contributed by atoms with Gasteiger partial charge >= 0.3 is 21.3 Å². The molecule has 4 unspecified atom stereocenters. The molecule has 11 heteroatoms. The minimum Gasteiger partial charge on any atom is -0.458 e. The van der Waals surface area contributed by atoms with Crippen molar-refractivity contribution in [1.29, 1.82) is 0 Å². The maximum absolute atomic E-state index is 13.4. The van der Waals surface area contributed by atoms with Gasteiger partial charge in [0.25, 0.3) is 0 Å². The lowest BCUT2D eigenvalue weighted by molar-refractivity contribution is -0.163. The van der Waals surface area contributed by atoms with Crippen LogP contribution in [0.3, 0.4) is 0 Å². The predicted molar refractivity (Wildman–Crippen MR) is 164 cm³/mol. The van der Waals surface area contributed by atoms with E-state index in [2.05, 4.69) is 89.7 Å². The lowest BCUT2D eigenvalue weighted by Crippen LogP contribution is -2.52. The Bertz CT molecular complexity index is 1600. The van der Waals surface area contributed by atoms with Gasteiger partial charge in [-0.2, -0.15) is 28.1 Å². The van der Waals surface area contributed by atoms with Gasteiger partial charge in [-0.25, -0.2) is 4.79 Å². The van der Waals surface area contributed by atoms with Crippen LogP contribution in [0.15, 0.2) is 99.6 Å². The highest BCUT2D eigenvalue weighted by Crippen LogP contribution is 2.68. The minimum absolute atomic E-state index is 0.00461. The van der Waals surface area contributed by atoms with E-state index in [9.17, 15) is 22.0 Å². The Balaban J connectivity index is 1.03. The van der Waals surface area contributed by atoms with E-state index in [4.69, 9.17) is 14.0 Å². The summed E-state index contributed by atoms with van der Waals surface area (Å²) in [5.74, 6) is -0.126. The first-order chi connectivity index (χ1) is 21.6. The summed E-state index contributed by atoms with van der Waals surface area (Å²) in [6, 6.07) is 30.7. The largest absolute Gasteiger partial charge is 0.465 e. The lowest BCUT2D eigenvalue weighted by Gasteiger charge is -2.60. The average molecular weight is 659 g/mol. The van der Waals surface area contributed by atoms with Crippen LogP contribution in [-0.4, -0.2) is 49.8 Å². The van der Waals surface area contributed by atoms with Gasteiger partial charge in [-0.1, -0.05) is 48.5 Å². The van der Waals surface area contributed by atoms with Gasteiger partial charge in [0, 0.05) is 5.41 Å². The molecule has 4 aliphatic carbocycles. The monoisotopic (exact) mass is 658 g/mol. The van der Waals surface area contributed by atoms with Gasteiger partial charge < -0.3 is 14.2 Å². The summed E-state index contributed by atoms with van der Waals surface area (Å²) in [5, 5.41) is -5.02. The molecule has 1 saturated heterocycles. The maximum Gasteiger partial charge on any atom is 0.465 e. The lowest BCUT2D eigenvalue weighted by atomic mass is 9.44. The van der Waals surface area contributed by atoms with Gasteiger partial charge in [-0.3, -0.25) is 4.55 Å². The molecule has 1 N–H and O–H groups in total. The third kappa shape index (κ3) is 5.82. The fourth-order valence-corrected chi connectivity index (χ4v) is 11.2. The Morgan fingerprint density at radius 3 is 2.09 bits per heavy atom. The van der Waals surface area contributed by atoms with Crippen molar-refractivity contribution in [3.05, 3.63) is 90.5 Å². The molecule has 4 saturated carbocycles. The van der Waals surface area contributed by atoms with Crippen molar-refractivity contribution in [2.75, 3.05) is 13.2 Å². The Labute approximate surface area is 264 Å². The number of benzene rings is 3. The average Bonchev–Trinajstić information content (AvgIpc) is 3.80. The first-order valence-electron chi connectivity index (χ1n) is 15.4.